The Morgan fingerprint density at radius 1 is 1.08 bits per heavy atom. The fourth-order valence-electron chi connectivity index (χ4n) is 3.68. The lowest BCUT2D eigenvalue weighted by molar-refractivity contribution is -0.139. The van der Waals surface area contributed by atoms with E-state index in [-0.39, 0.29) is 18.5 Å². The first-order valence-electron chi connectivity index (χ1n) is 11.0. The number of carboxylic acids is 1. The number of carbonyl (C=O) groups is 3. The molecule has 2 aromatic carbocycles. The van der Waals surface area contributed by atoms with E-state index in [1.165, 1.54) is 31.4 Å². The van der Waals surface area contributed by atoms with Gasteiger partial charge in [0.2, 0.25) is 0 Å². The molecule has 0 spiro atoms. The van der Waals surface area contributed by atoms with Gasteiger partial charge in [-0.25, -0.2) is 14.2 Å². The molecule has 1 unspecified atom stereocenters. The number of pyridine rings is 1. The average molecular weight is 490 g/mol. The summed E-state index contributed by atoms with van der Waals surface area (Å²) in [5.41, 5.74) is 2.37. The van der Waals surface area contributed by atoms with Crippen molar-refractivity contribution in [3.63, 3.8) is 0 Å². The number of methoxy groups -OCH3 is 1. The minimum Gasteiger partial charge on any atom is -0.480 e. The molecule has 4 rings (SSSR count). The summed E-state index contributed by atoms with van der Waals surface area (Å²) in [5, 5.41) is 15.1. The van der Waals surface area contributed by atoms with E-state index in [0.29, 0.717) is 22.7 Å². The van der Waals surface area contributed by atoms with Crippen LogP contribution in [0.15, 0.2) is 72.9 Å². The summed E-state index contributed by atoms with van der Waals surface area (Å²) in [4.78, 5) is 41.0. The number of aromatic nitrogens is 2. The summed E-state index contributed by atoms with van der Waals surface area (Å²) in [5.74, 6) is -2.18. The number of ether oxygens (including phenoxy) is 1. The van der Waals surface area contributed by atoms with E-state index in [4.69, 9.17) is 0 Å². The molecule has 0 saturated heterocycles. The molecule has 3 N–H and O–H groups in total. The minimum atomic E-state index is -1.15. The highest BCUT2D eigenvalue weighted by Gasteiger charge is 2.22. The van der Waals surface area contributed by atoms with Crippen molar-refractivity contribution < 1.29 is 28.6 Å². The molecule has 9 nitrogen and oxygen atoms in total. The van der Waals surface area contributed by atoms with Crippen molar-refractivity contribution in [2.75, 3.05) is 19.0 Å². The van der Waals surface area contributed by atoms with Crippen molar-refractivity contribution in [3.8, 4) is 11.3 Å². The van der Waals surface area contributed by atoms with Gasteiger partial charge in [-0.3, -0.25) is 14.0 Å². The third kappa shape index (κ3) is 5.49. The maximum atomic E-state index is 13.5. The normalized spacial score (nSPS) is 11.6. The lowest BCUT2D eigenvalue weighted by atomic mass is 10.1. The first kappa shape index (κ1) is 24.4. The number of rotatable bonds is 9. The van der Waals surface area contributed by atoms with Gasteiger partial charge in [0.15, 0.2) is 0 Å². The third-order valence-corrected chi connectivity index (χ3v) is 5.52. The van der Waals surface area contributed by atoms with Crippen LogP contribution < -0.4 is 10.6 Å². The van der Waals surface area contributed by atoms with E-state index < -0.39 is 29.7 Å². The molecule has 1 atom stereocenters. The number of carboxylic acid groups (broad SMARTS) is 1. The molecule has 2 aromatic heterocycles. The van der Waals surface area contributed by atoms with E-state index in [9.17, 15) is 23.9 Å². The van der Waals surface area contributed by atoms with Gasteiger partial charge in [-0.2, -0.15) is 0 Å². The summed E-state index contributed by atoms with van der Waals surface area (Å²) >= 11 is 0. The predicted octanol–water partition coefficient (Wildman–Crippen LogP) is 3.15. The Bertz CT molecular complexity index is 1400. The Balaban J connectivity index is 1.64. The summed E-state index contributed by atoms with van der Waals surface area (Å²) in [6.07, 6.45) is 1.71. The van der Waals surface area contributed by atoms with Crippen molar-refractivity contribution in [2.24, 2.45) is 0 Å². The van der Waals surface area contributed by atoms with E-state index in [0.717, 1.165) is 5.56 Å². The molecule has 0 radical (unpaired) electrons. The van der Waals surface area contributed by atoms with Gasteiger partial charge in [0, 0.05) is 23.7 Å². The molecule has 0 aliphatic carbocycles. The summed E-state index contributed by atoms with van der Waals surface area (Å²) in [6.45, 7) is -0.138. The minimum absolute atomic E-state index is 0.129. The molecule has 0 aliphatic rings. The number of esters is 1. The topological polar surface area (TPSA) is 122 Å². The van der Waals surface area contributed by atoms with Gasteiger partial charge < -0.3 is 20.5 Å². The van der Waals surface area contributed by atoms with Crippen LogP contribution in [0.1, 0.15) is 15.9 Å². The van der Waals surface area contributed by atoms with E-state index in [2.05, 4.69) is 20.4 Å². The van der Waals surface area contributed by atoms with Crippen molar-refractivity contribution in [1.29, 1.82) is 0 Å². The van der Waals surface area contributed by atoms with Crippen LogP contribution in [0.3, 0.4) is 0 Å². The number of anilines is 1. The highest BCUT2D eigenvalue weighted by atomic mass is 19.1. The smallest absolute Gasteiger partial charge is 0.326 e. The van der Waals surface area contributed by atoms with Crippen LogP contribution in [-0.4, -0.2) is 52.0 Å². The number of fused-ring (bicyclic) bond motifs is 1. The van der Waals surface area contributed by atoms with Crippen LogP contribution in [-0.2, 0) is 20.7 Å². The van der Waals surface area contributed by atoms with Crippen LogP contribution >= 0.6 is 0 Å². The van der Waals surface area contributed by atoms with Gasteiger partial charge >= 0.3 is 11.9 Å². The van der Waals surface area contributed by atoms with Gasteiger partial charge in [0.05, 0.1) is 7.11 Å². The highest BCUT2D eigenvalue weighted by molar-refractivity contribution is 5.97. The van der Waals surface area contributed by atoms with Gasteiger partial charge in [-0.05, 0) is 42.0 Å². The van der Waals surface area contributed by atoms with Crippen LogP contribution in [0, 0.1) is 5.82 Å². The molecule has 0 saturated carbocycles. The Labute approximate surface area is 205 Å². The van der Waals surface area contributed by atoms with Crippen molar-refractivity contribution in [1.82, 2.24) is 14.7 Å². The first-order valence-corrected chi connectivity index (χ1v) is 11.0. The van der Waals surface area contributed by atoms with E-state index in [1.807, 2.05) is 6.07 Å². The fraction of sp³-hybridized carbons (Fsp3) is 0.154. The average Bonchev–Trinajstić information content (AvgIpc) is 3.25. The van der Waals surface area contributed by atoms with Crippen molar-refractivity contribution in [3.05, 3.63) is 89.9 Å². The zero-order valence-corrected chi connectivity index (χ0v) is 19.3. The highest BCUT2D eigenvalue weighted by Crippen LogP contribution is 2.29. The number of benzene rings is 2. The Morgan fingerprint density at radius 3 is 2.47 bits per heavy atom. The molecule has 184 valence electrons. The number of imidazole rings is 1. The molecule has 36 heavy (non-hydrogen) atoms. The number of halogens is 1. The van der Waals surface area contributed by atoms with Gasteiger partial charge in [0.25, 0.3) is 5.91 Å². The molecule has 0 aliphatic heterocycles. The summed E-state index contributed by atoms with van der Waals surface area (Å²) in [7, 11) is 1.27. The number of amides is 1. The molecule has 0 bridgehead atoms. The second-order valence-corrected chi connectivity index (χ2v) is 7.94. The molecule has 10 heteroatoms. The number of nitrogens with zero attached hydrogens (tertiary/aromatic N) is 2. The number of carbonyl (C=O) groups excluding carboxylic acids is 2. The molecular weight excluding hydrogens is 467 g/mol. The Morgan fingerprint density at radius 2 is 1.81 bits per heavy atom. The lowest BCUT2D eigenvalue weighted by Crippen LogP contribution is -2.42. The Kier molecular flexibility index (Phi) is 7.24. The predicted molar refractivity (Wildman–Crippen MR) is 130 cm³/mol. The molecular formula is C26H23FN4O5. The summed E-state index contributed by atoms with van der Waals surface area (Å²) in [6, 6.07) is 16.6. The van der Waals surface area contributed by atoms with Gasteiger partial charge in [-0.1, -0.05) is 30.3 Å². The number of aliphatic carboxylic acids is 1. The maximum absolute atomic E-state index is 13.5. The van der Waals surface area contributed by atoms with Crippen molar-refractivity contribution >= 4 is 29.3 Å². The molecule has 2 heterocycles. The Hall–Kier alpha value is -4.73. The molecule has 0 fully saturated rings. The second kappa shape index (κ2) is 10.7. The van der Waals surface area contributed by atoms with Crippen LogP contribution in [0.5, 0.6) is 0 Å². The SMILES string of the molecule is COC(=O)CNc1c(-c2ccc(F)cc2)nc2cc(C(=O)NC(Cc3ccccc3)C(=O)O)ccn12. The van der Waals surface area contributed by atoms with Crippen LogP contribution in [0.4, 0.5) is 10.2 Å². The fourth-order valence-corrected chi connectivity index (χ4v) is 3.68. The third-order valence-electron chi connectivity index (χ3n) is 5.52. The maximum Gasteiger partial charge on any atom is 0.326 e. The summed E-state index contributed by atoms with van der Waals surface area (Å²) < 4.78 is 19.8. The second-order valence-electron chi connectivity index (χ2n) is 7.94. The monoisotopic (exact) mass is 490 g/mol. The number of hydrogen-bond acceptors (Lipinski definition) is 6. The lowest BCUT2D eigenvalue weighted by Gasteiger charge is -2.15. The largest absolute Gasteiger partial charge is 0.480 e. The van der Waals surface area contributed by atoms with Gasteiger partial charge in [-0.15, -0.1) is 0 Å². The molecule has 1 amide bonds. The van der Waals surface area contributed by atoms with E-state index in [1.54, 1.807) is 47.0 Å². The quantitative estimate of drug-likeness (QED) is 0.308. The zero-order valence-electron chi connectivity index (χ0n) is 19.3. The number of nitrogens with one attached hydrogen (secondary N) is 2. The van der Waals surface area contributed by atoms with Gasteiger partial charge in [0.1, 0.15) is 35.6 Å². The first-order chi connectivity index (χ1) is 17.4. The zero-order chi connectivity index (χ0) is 25.7. The number of hydrogen-bond donors (Lipinski definition) is 3. The van der Waals surface area contributed by atoms with Crippen LogP contribution in [0.25, 0.3) is 16.9 Å². The van der Waals surface area contributed by atoms with E-state index >= 15 is 0 Å². The standard InChI is InChI=1S/C26H23FN4O5/c1-36-22(32)15-28-24-23(17-7-9-19(27)10-8-17)30-21-14-18(11-12-31(21)24)25(33)29-20(26(34)35)13-16-5-3-2-4-6-16/h2-12,14,20,28H,13,15H2,1H3,(H,29,33)(H,34,35). The molecule has 4 aromatic rings. The van der Waals surface area contributed by atoms with Crippen molar-refractivity contribution in [2.45, 2.75) is 12.5 Å². The van der Waals surface area contributed by atoms with Crippen LogP contribution in [0.2, 0.25) is 0 Å².